The molecule has 158 valence electrons. The highest BCUT2D eigenvalue weighted by Gasteiger charge is 2.33. The summed E-state index contributed by atoms with van der Waals surface area (Å²) < 4.78 is 50.0. The van der Waals surface area contributed by atoms with Crippen molar-refractivity contribution >= 4 is 23.2 Å². The third-order valence-electron chi connectivity index (χ3n) is 4.87. The first-order valence-electron chi connectivity index (χ1n) is 9.44. The molecule has 0 radical (unpaired) electrons. The Bertz CT molecular complexity index is 1150. The number of fused-ring (bicyclic) bond motifs is 1. The molecule has 3 aromatic carbocycles. The van der Waals surface area contributed by atoms with Crippen LogP contribution in [0.2, 0.25) is 0 Å². The molecule has 4 nitrogen and oxygen atoms in total. The molecular weight excluding hydrogens is 407 g/mol. The summed E-state index contributed by atoms with van der Waals surface area (Å²) in [6, 6.07) is 18.1. The fraction of sp³-hybridized carbons (Fsp3) is 0.125. The summed E-state index contributed by atoms with van der Waals surface area (Å²) in [5.41, 5.74) is 1.69. The van der Waals surface area contributed by atoms with Crippen LogP contribution in [0.1, 0.15) is 22.3 Å². The van der Waals surface area contributed by atoms with E-state index in [0.29, 0.717) is 29.2 Å². The molecule has 1 amide bonds. The molecule has 0 aliphatic carbocycles. The first kappa shape index (κ1) is 20.5. The van der Waals surface area contributed by atoms with Crippen molar-refractivity contribution in [2.45, 2.75) is 12.8 Å². The van der Waals surface area contributed by atoms with Gasteiger partial charge in [-0.25, -0.2) is 0 Å². The van der Waals surface area contributed by atoms with E-state index in [0.717, 1.165) is 17.7 Å². The third kappa shape index (κ3) is 4.40. The van der Waals surface area contributed by atoms with Gasteiger partial charge in [0.1, 0.15) is 6.61 Å². The molecule has 0 fully saturated rings. The number of rotatable bonds is 5. The molecule has 1 heterocycles. The van der Waals surface area contributed by atoms with Crippen LogP contribution in [0.15, 0.2) is 66.7 Å². The molecule has 4 rings (SSSR count). The topological polar surface area (TPSA) is 47.6 Å². The second-order valence-corrected chi connectivity index (χ2v) is 6.95. The average molecular weight is 425 g/mol. The zero-order chi connectivity index (χ0) is 22.0. The number of alkyl halides is 3. The highest BCUT2D eigenvalue weighted by molar-refractivity contribution is 6.34. The molecule has 0 aromatic heterocycles. The Labute approximate surface area is 176 Å². The summed E-state index contributed by atoms with van der Waals surface area (Å²) >= 11 is 0. The van der Waals surface area contributed by atoms with Crippen LogP contribution in [0.5, 0.6) is 11.5 Å². The van der Waals surface area contributed by atoms with E-state index < -0.39 is 17.6 Å². The lowest BCUT2D eigenvalue weighted by atomic mass is 10.0. The van der Waals surface area contributed by atoms with Crippen molar-refractivity contribution in [2.24, 2.45) is 0 Å². The van der Waals surface area contributed by atoms with E-state index in [4.69, 9.17) is 9.47 Å². The van der Waals surface area contributed by atoms with E-state index in [2.05, 4.69) is 5.32 Å². The summed E-state index contributed by atoms with van der Waals surface area (Å²) in [5.74, 6) is 0.564. The second-order valence-electron chi connectivity index (χ2n) is 6.95. The van der Waals surface area contributed by atoms with Crippen LogP contribution in [-0.2, 0) is 17.6 Å². The molecule has 31 heavy (non-hydrogen) atoms. The number of methoxy groups -OCH3 is 1. The van der Waals surface area contributed by atoms with Crippen LogP contribution < -0.4 is 14.8 Å². The van der Waals surface area contributed by atoms with Gasteiger partial charge in [0.15, 0.2) is 11.5 Å². The molecule has 1 aliphatic rings. The Balaban J connectivity index is 1.60. The number of hydrogen-bond acceptors (Lipinski definition) is 3. The van der Waals surface area contributed by atoms with Crippen LogP contribution in [0.3, 0.4) is 0 Å². The highest BCUT2D eigenvalue weighted by atomic mass is 19.4. The molecular formula is C24H18F3NO3. The summed E-state index contributed by atoms with van der Waals surface area (Å²) in [5, 5.41) is 2.50. The first-order chi connectivity index (χ1) is 14.8. The molecule has 0 atom stereocenters. The van der Waals surface area contributed by atoms with Crippen LogP contribution in [0, 0.1) is 0 Å². The second kappa shape index (κ2) is 8.18. The van der Waals surface area contributed by atoms with E-state index in [-0.39, 0.29) is 11.3 Å². The molecule has 0 spiro atoms. The fourth-order valence-corrected chi connectivity index (χ4v) is 3.31. The van der Waals surface area contributed by atoms with Gasteiger partial charge in [-0.3, -0.25) is 4.79 Å². The van der Waals surface area contributed by atoms with E-state index in [1.54, 1.807) is 24.3 Å². The Kier molecular flexibility index (Phi) is 5.42. The van der Waals surface area contributed by atoms with E-state index in [1.807, 2.05) is 30.3 Å². The van der Waals surface area contributed by atoms with Crippen molar-refractivity contribution < 1.29 is 27.4 Å². The zero-order valence-electron chi connectivity index (χ0n) is 16.5. The summed E-state index contributed by atoms with van der Waals surface area (Å²) in [7, 11) is 1.51. The van der Waals surface area contributed by atoms with Gasteiger partial charge in [0.25, 0.3) is 5.91 Å². The summed E-state index contributed by atoms with van der Waals surface area (Å²) in [4.78, 5) is 12.4. The largest absolute Gasteiger partial charge is 0.493 e. The summed E-state index contributed by atoms with van der Waals surface area (Å²) in [6.45, 7) is 0.370. The van der Waals surface area contributed by atoms with Crippen LogP contribution in [0.25, 0.3) is 11.6 Å². The Morgan fingerprint density at radius 2 is 1.74 bits per heavy atom. The molecule has 7 heteroatoms. The van der Waals surface area contributed by atoms with Gasteiger partial charge < -0.3 is 14.8 Å². The highest BCUT2D eigenvalue weighted by Crippen LogP contribution is 2.39. The molecule has 0 unspecified atom stereocenters. The van der Waals surface area contributed by atoms with Crippen molar-refractivity contribution in [1.29, 1.82) is 0 Å². The number of anilines is 1. The minimum absolute atomic E-state index is 0.140. The molecule has 0 bridgehead atoms. The van der Waals surface area contributed by atoms with Gasteiger partial charge in [-0.1, -0.05) is 42.5 Å². The predicted octanol–water partition coefficient (Wildman–Crippen LogP) is 5.79. The van der Waals surface area contributed by atoms with Crippen molar-refractivity contribution in [3.63, 3.8) is 0 Å². The van der Waals surface area contributed by atoms with Crippen molar-refractivity contribution in [2.75, 3.05) is 12.4 Å². The predicted molar refractivity (Wildman–Crippen MR) is 112 cm³/mol. The monoisotopic (exact) mass is 425 g/mol. The minimum atomic E-state index is -4.48. The maximum Gasteiger partial charge on any atom is 0.416 e. The first-order valence-corrected chi connectivity index (χ1v) is 9.44. The van der Waals surface area contributed by atoms with Crippen molar-refractivity contribution in [3.05, 3.63) is 89.0 Å². The number of hydrogen-bond donors (Lipinski definition) is 1. The maximum atomic E-state index is 12.9. The van der Waals surface area contributed by atoms with E-state index >= 15 is 0 Å². The molecule has 1 N–H and O–H groups in total. The van der Waals surface area contributed by atoms with Gasteiger partial charge in [-0.15, -0.1) is 0 Å². The smallest absolute Gasteiger partial charge is 0.416 e. The number of ether oxygens (including phenoxy) is 2. The van der Waals surface area contributed by atoms with Crippen molar-refractivity contribution in [1.82, 2.24) is 0 Å². The minimum Gasteiger partial charge on any atom is -0.493 e. The Morgan fingerprint density at radius 3 is 2.45 bits per heavy atom. The van der Waals surface area contributed by atoms with Gasteiger partial charge in [0.05, 0.1) is 12.7 Å². The maximum absolute atomic E-state index is 12.9. The normalized spacial score (nSPS) is 14.3. The zero-order valence-corrected chi connectivity index (χ0v) is 16.5. The standard InChI is InChI=1S/C24H18F3NO3/c1-30-22-12-16(7-10-21(22)31-14-15-5-3-2-4-6-15)11-19-18-9-8-17(24(25,26)27)13-20(18)28-23(19)29/h2-13H,14H2,1H3,(H,28,29)/b19-11-. The van der Waals surface area contributed by atoms with E-state index in [9.17, 15) is 18.0 Å². The molecule has 3 aromatic rings. The van der Waals surface area contributed by atoms with Crippen LogP contribution in [0.4, 0.5) is 18.9 Å². The lowest BCUT2D eigenvalue weighted by Gasteiger charge is -2.12. The Morgan fingerprint density at radius 1 is 0.968 bits per heavy atom. The van der Waals surface area contributed by atoms with Gasteiger partial charge in [0, 0.05) is 16.8 Å². The average Bonchev–Trinajstić information content (AvgIpc) is 3.07. The molecule has 0 saturated carbocycles. The number of carbonyl (C=O) groups excluding carboxylic acids is 1. The number of nitrogens with one attached hydrogen (secondary N) is 1. The number of benzene rings is 3. The molecule has 0 saturated heterocycles. The lowest BCUT2D eigenvalue weighted by Crippen LogP contribution is -2.06. The quantitative estimate of drug-likeness (QED) is 0.527. The Hall–Kier alpha value is -3.74. The summed E-state index contributed by atoms with van der Waals surface area (Å²) in [6.07, 6.45) is -2.87. The fourth-order valence-electron chi connectivity index (χ4n) is 3.31. The van der Waals surface area contributed by atoms with E-state index in [1.165, 1.54) is 13.2 Å². The SMILES string of the molecule is COc1cc(/C=C2\C(=O)Nc3cc(C(F)(F)F)ccc32)ccc1OCc1ccccc1. The number of amides is 1. The van der Waals surface area contributed by atoms with Gasteiger partial charge in [0.2, 0.25) is 0 Å². The van der Waals surface area contributed by atoms with Gasteiger partial charge in [-0.05, 0) is 41.5 Å². The van der Waals surface area contributed by atoms with Crippen LogP contribution in [-0.4, -0.2) is 13.0 Å². The third-order valence-corrected chi connectivity index (χ3v) is 4.87. The lowest BCUT2D eigenvalue weighted by molar-refractivity contribution is -0.137. The molecule has 1 aliphatic heterocycles. The van der Waals surface area contributed by atoms with Crippen LogP contribution >= 0.6 is 0 Å². The van der Waals surface area contributed by atoms with Crippen molar-refractivity contribution in [3.8, 4) is 11.5 Å². The number of carbonyl (C=O) groups is 1. The van der Waals surface area contributed by atoms with Gasteiger partial charge >= 0.3 is 6.18 Å². The number of halogens is 3. The van der Waals surface area contributed by atoms with Gasteiger partial charge in [-0.2, -0.15) is 13.2 Å².